The Morgan fingerprint density at radius 2 is 1.77 bits per heavy atom. The van der Waals surface area contributed by atoms with E-state index >= 15 is 0 Å². The fourth-order valence-corrected chi connectivity index (χ4v) is 5.26. The Kier molecular flexibility index (Phi) is 5.95. The highest BCUT2D eigenvalue weighted by molar-refractivity contribution is 8.00. The first-order valence-electron chi connectivity index (χ1n) is 8.45. The van der Waals surface area contributed by atoms with Crippen molar-refractivity contribution in [2.75, 3.05) is 13.1 Å². The maximum atomic E-state index is 12.7. The van der Waals surface area contributed by atoms with Gasteiger partial charge in [-0.1, -0.05) is 48.5 Å². The molecule has 1 aromatic carbocycles. The molecule has 1 aromatic heterocycles. The lowest BCUT2D eigenvalue weighted by atomic mass is 10.1. The van der Waals surface area contributed by atoms with Gasteiger partial charge in [-0.05, 0) is 30.5 Å². The van der Waals surface area contributed by atoms with Gasteiger partial charge < -0.3 is 5.73 Å². The van der Waals surface area contributed by atoms with Crippen LogP contribution < -0.4 is 5.73 Å². The van der Waals surface area contributed by atoms with Crippen molar-refractivity contribution < 1.29 is 13.2 Å². The first-order valence-corrected chi connectivity index (χ1v) is 10.8. The van der Waals surface area contributed by atoms with E-state index in [4.69, 9.17) is 5.73 Å². The Bertz CT molecular complexity index is 849. The Hall–Kier alpha value is -1.90. The average Bonchev–Trinajstić information content (AvgIpc) is 2.67. The summed E-state index contributed by atoms with van der Waals surface area (Å²) in [7, 11) is -3.51. The van der Waals surface area contributed by atoms with Crippen molar-refractivity contribution in [1.29, 1.82) is 0 Å². The van der Waals surface area contributed by atoms with Crippen LogP contribution in [0.4, 0.5) is 0 Å². The second-order valence-corrected chi connectivity index (χ2v) is 9.17. The standard InChI is InChI=1S/C18H21N3O3S2/c19-18(22)17(14-7-3-1-4-8-14)25-16-10-9-15(13-20-16)26(23,24)21-11-5-2-6-12-21/h1,3-4,7-10,13,17H,2,5-6,11-12H2,(H2,19,22). The average molecular weight is 392 g/mol. The first-order chi connectivity index (χ1) is 12.5. The number of aromatic nitrogens is 1. The Labute approximate surface area is 157 Å². The van der Waals surface area contributed by atoms with E-state index in [2.05, 4.69) is 4.98 Å². The third-order valence-corrected chi connectivity index (χ3v) is 7.37. The number of carbonyl (C=O) groups excluding carboxylic acids is 1. The number of piperidine rings is 1. The lowest BCUT2D eigenvalue weighted by Gasteiger charge is -2.25. The van der Waals surface area contributed by atoms with Crippen LogP contribution in [0.5, 0.6) is 0 Å². The molecule has 6 nitrogen and oxygen atoms in total. The normalized spacial score (nSPS) is 16.9. The number of thioether (sulfide) groups is 1. The van der Waals surface area contributed by atoms with Crippen molar-refractivity contribution in [1.82, 2.24) is 9.29 Å². The minimum atomic E-state index is -3.51. The fourth-order valence-electron chi connectivity index (χ4n) is 2.88. The summed E-state index contributed by atoms with van der Waals surface area (Å²) in [6, 6.07) is 12.4. The zero-order chi connectivity index (χ0) is 18.6. The Balaban J connectivity index is 1.77. The summed E-state index contributed by atoms with van der Waals surface area (Å²) in [5.41, 5.74) is 6.31. The molecule has 1 fully saturated rings. The van der Waals surface area contributed by atoms with Crippen LogP contribution in [-0.4, -0.2) is 36.7 Å². The minimum absolute atomic E-state index is 0.180. The zero-order valence-electron chi connectivity index (χ0n) is 14.2. The van der Waals surface area contributed by atoms with E-state index < -0.39 is 21.2 Å². The van der Waals surface area contributed by atoms with Crippen LogP contribution in [0.3, 0.4) is 0 Å². The lowest BCUT2D eigenvalue weighted by Crippen LogP contribution is -2.35. The van der Waals surface area contributed by atoms with Crippen molar-refractivity contribution in [3.63, 3.8) is 0 Å². The summed E-state index contributed by atoms with van der Waals surface area (Å²) in [6.07, 6.45) is 4.19. The highest BCUT2D eigenvalue weighted by atomic mass is 32.2. The van der Waals surface area contributed by atoms with Crippen LogP contribution in [0, 0.1) is 0 Å². The molecule has 2 N–H and O–H groups in total. The molecule has 0 spiro atoms. The van der Waals surface area contributed by atoms with Crippen molar-refractivity contribution in [3.8, 4) is 0 Å². The largest absolute Gasteiger partial charge is 0.368 e. The van der Waals surface area contributed by atoms with Crippen LogP contribution in [-0.2, 0) is 14.8 Å². The number of primary amides is 1. The lowest BCUT2D eigenvalue weighted by molar-refractivity contribution is -0.117. The van der Waals surface area contributed by atoms with Gasteiger partial charge in [0.25, 0.3) is 0 Å². The second-order valence-electron chi connectivity index (χ2n) is 6.11. The first kappa shape index (κ1) is 18.9. The molecule has 2 aromatic rings. The molecule has 8 heteroatoms. The number of sulfonamides is 1. The monoisotopic (exact) mass is 391 g/mol. The van der Waals surface area contributed by atoms with Crippen LogP contribution in [0.2, 0.25) is 0 Å². The molecule has 138 valence electrons. The molecule has 0 bridgehead atoms. The maximum absolute atomic E-state index is 12.7. The zero-order valence-corrected chi connectivity index (χ0v) is 15.9. The number of nitrogens with zero attached hydrogens (tertiary/aromatic N) is 2. The number of benzene rings is 1. The third-order valence-electron chi connectivity index (χ3n) is 4.26. The highest BCUT2D eigenvalue weighted by Gasteiger charge is 2.26. The number of carbonyl (C=O) groups is 1. The molecule has 1 amide bonds. The summed E-state index contributed by atoms with van der Waals surface area (Å²) < 4.78 is 26.8. The van der Waals surface area contributed by atoms with Crippen molar-refractivity contribution >= 4 is 27.7 Å². The molecular formula is C18H21N3O3S2. The van der Waals surface area contributed by atoms with Gasteiger partial charge >= 0.3 is 0 Å². The van der Waals surface area contributed by atoms with Crippen LogP contribution in [0.15, 0.2) is 58.6 Å². The van der Waals surface area contributed by atoms with Gasteiger partial charge in [0.1, 0.15) is 10.1 Å². The van der Waals surface area contributed by atoms with E-state index in [-0.39, 0.29) is 4.90 Å². The van der Waals surface area contributed by atoms with Crippen molar-refractivity contribution in [2.45, 2.75) is 34.4 Å². The maximum Gasteiger partial charge on any atom is 0.244 e. The van der Waals surface area contributed by atoms with Crippen molar-refractivity contribution in [3.05, 3.63) is 54.2 Å². The molecule has 3 rings (SSSR count). The van der Waals surface area contributed by atoms with Gasteiger partial charge in [-0.15, -0.1) is 0 Å². The second kappa shape index (κ2) is 8.20. The van der Waals surface area contributed by atoms with Crippen LogP contribution in [0.25, 0.3) is 0 Å². The summed E-state index contributed by atoms with van der Waals surface area (Å²) in [6.45, 7) is 1.10. The molecule has 1 aliphatic rings. The quantitative estimate of drug-likeness (QED) is 0.764. The molecule has 0 radical (unpaired) electrons. The summed E-state index contributed by atoms with van der Waals surface area (Å²) in [5.74, 6) is -0.465. The van der Waals surface area contributed by atoms with E-state index in [9.17, 15) is 13.2 Å². The predicted octanol–water partition coefficient (Wildman–Crippen LogP) is 2.57. The number of amides is 1. The van der Waals surface area contributed by atoms with E-state index in [1.165, 1.54) is 22.3 Å². The van der Waals surface area contributed by atoms with Gasteiger partial charge in [-0.2, -0.15) is 4.31 Å². The van der Waals surface area contributed by atoms with E-state index in [0.29, 0.717) is 18.1 Å². The summed E-state index contributed by atoms with van der Waals surface area (Å²) in [4.78, 5) is 16.2. The number of rotatable bonds is 6. The third kappa shape index (κ3) is 4.25. The van der Waals surface area contributed by atoms with Gasteiger partial charge in [0.2, 0.25) is 15.9 Å². The summed E-state index contributed by atoms with van der Waals surface area (Å²) in [5, 5.41) is -0.0245. The number of pyridine rings is 1. The molecular weight excluding hydrogens is 370 g/mol. The molecule has 0 saturated carbocycles. The Morgan fingerprint density at radius 1 is 1.08 bits per heavy atom. The van der Waals surface area contributed by atoms with Crippen molar-refractivity contribution in [2.24, 2.45) is 5.73 Å². The van der Waals surface area contributed by atoms with Crippen LogP contribution >= 0.6 is 11.8 Å². The van der Waals surface area contributed by atoms with E-state index in [1.807, 2.05) is 30.3 Å². The SMILES string of the molecule is NC(=O)C(Sc1ccc(S(=O)(=O)N2CCCCC2)cn1)c1ccccc1. The van der Waals surface area contributed by atoms with Gasteiger partial charge in [-0.3, -0.25) is 4.79 Å². The Morgan fingerprint density at radius 3 is 2.35 bits per heavy atom. The fraction of sp³-hybridized carbons (Fsp3) is 0.333. The molecule has 1 aliphatic heterocycles. The smallest absolute Gasteiger partial charge is 0.244 e. The van der Waals surface area contributed by atoms with Gasteiger partial charge in [0.15, 0.2) is 0 Å². The number of nitrogens with two attached hydrogens (primary N) is 1. The molecule has 1 saturated heterocycles. The molecule has 1 atom stereocenters. The van der Waals surface area contributed by atoms with E-state index in [0.717, 1.165) is 24.8 Å². The summed E-state index contributed by atoms with van der Waals surface area (Å²) >= 11 is 1.21. The minimum Gasteiger partial charge on any atom is -0.368 e. The van der Waals surface area contributed by atoms with Crippen LogP contribution in [0.1, 0.15) is 30.1 Å². The number of hydrogen-bond acceptors (Lipinski definition) is 5. The van der Waals surface area contributed by atoms with Gasteiger partial charge in [0, 0.05) is 19.3 Å². The molecule has 2 heterocycles. The molecule has 26 heavy (non-hydrogen) atoms. The highest BCUT2D eigenvalue weighted by Crippen LogP contribution is 2.34. The predicted molar refractivity (Wildman–Crippen MR) is 101 cm³/mol. The molecule has 1 unspecified atom stereocenters. The molecule has 0 aliphatic carbocycles. The van der Waals surface area contributed by atoms with Gasteiger partial charge in [0.05, 0.1) is 5.03 Å². The number of hydrogen-bond donors (Lipinski definition) is 1. The van der Waals surface area contributed by atoms with Gasteiger partial charge in [-0.25, -0.2) is 13.4 Å². The topological polar surface area (TPSA) is 93.4 Å². The van der Waals surface area contributed by atoms with E-state index in [1.54, 1.807) is 12.1 Å².